The Kier molecular flexibility index (Phi) is 4.57. The highest BCUT2D eigenvalue weighted by Crippen LogP contribution is 2.27. The summed E-state index contributed by atoms with van der Waals surface area (Å²) < 4.78 is 37.1. The molecule has 0 aliphatic carbocycles. The average Bonchev–Trinajstić information content (AvgIpc) is 2.84. The van der Waals surface area contributed by atoms with E-state index in [-0.39, 0.29) is 12.1 Å². The van der Waals surface area contributed by atoms with Crippen LogP contribution in [0.3, 0.4) is 0 Å². The summed E-state index contributed by atoms with van der Waals surface area (Å²) in [4.78, 5) is 0.313. The lowest BCUT2D eigenvalue weighted by atomic mass is 10.2. The number of benzene rings is 1. The van der Waals surface area contributed by atoms with Gasteiger partial charge in [0.15, 0.2) is 0 Å². The fourth-order valence-electron chi connectivity index (χ4n) is 2.38. The van der Waals surface area contributed by atoms with Crippen LogP contribution in [0.2, 0.25) is 0 Å². The molecule has 0 bridgehead atoms. The summed E-state index contributed by atoms with van der Waals surface area (Å²) in [6, 6.07) is 8.30. The van der Waals surface area contributed by atoms with Crippen LogP contribution in [-0.2, 0) is 19.5 Å². The molecule has 0 N–H and O–H groups in total. The van der Waals surface area contributed by atoms with Crippen LogP contribution in [0.25, 0.3) is 0 Å². The zero-order valence-electron chi connectivity index (χ0n) is 11.2. The minimum absolute atomic E-state index is 0.0707. The maximum atomic E-state index is 12.6. The second kappa shape index (κ2) is 6.00. The van der Waals surface area contributed by atoms with Crippen molar-refractivity contribution < 1.29 is 17.9 Å². The molecule has 0 aromatic heterocycles. The first-order valence-corrected chi connectivity index (χ1v) is 7.62. The van der Waals surface area contributed by atoms with Crippen molar-refractivity contribution in [1.29, 1.82) is 0 Å². The van der Waals surface area contributed by atoms with E-state index >= 15 is 0 Å². The Morgan fingerprint density at radius 2 is 1.95 bits per heavy atom. The molecule has 1 saturated heterocycles. The molecule has 1 aliphatic rings. The predicted octanol–water partition coefficient (Wildman–Crippen LogP) is 1.11. The molecule has 6 heteroatoms. The molecule has 2 rings (SSSR count). The summed E-state index contributed by atoms with van der Waals surface area (Å²) in [6.07, 6.45) is 0.592. The Morgan fingerprint density at radius 3 is 2.53 bits per heavy atom. The van der Waals surface area contributed by atoms with Crippen molar-refractivity contribution in [1.82, 2.24) is 4.31 Å². The van der Waals surface area contributed by atoms with Crippen molar-refractivity contribution in [2.45, 2.75) is 23.5 Å². The van der Waals surface area contributed by atoms with Gasteiger partial charge in [-0.15, -0.1) is 0 Å². The molecule has 1 aromatic carbocycles. The zero-order chi connectivity index (χ0) is 13.9. The first kappa shape index (κ1) is 14.5. The van der Waals surface area contributed by atoms with E-state index in [4.69, 9.17) is 9.47 Å². The predicted molar refractivity (Wildman–Crippen MR) is 71.4 cm³/mol. The normalized spacial score (nSPS) is 24.7. The fourth-order valence-corrected chi connectivity index (χ4v) is 4.06. The van der Waals surface area contributed by atoms with Gasteiger partial charge in [0.2, 0.25) is 10.0 Å². The molecule has 0 amide bonds. The van der Waals surface area contributed by atoms with Crippen LogP contribution < -0.4 is 0 Å². The summed E-state index contributed by atoms with van der Waals surface area (Å²) in [7, 11) is -0.299. The summed E-state index contributed by atoms with van der Waals surface area (Å²) in [5, 5.41) is 0. The van der Waals surface area contributed by atoms with E-state index in [1.54, 1.807) is 44.6 Å². The van der Waals surface area contributed by atoms with Gasteiger partial charge in [0, 0.05) is 20.8 Å². The maximum absolute atomic E-state index is 12.6. The first-order chi connectivity index (χ1) is 9.09. The number of hydrogen-bond donors (Lipinski definition) is 0. The molecular weight excluding hydrogens is 266 g/mol. The second-order valence-electron chi connectivity index (χ2n) is 4.59. The van der Waals surface area contributed by atoms with E-state index in [2.05, 4.69) is 0 Å². The maximum Gasteiger partial charge on any atom is 0.243 e. The number of nitrogens with zero attached hydrogens (tertiary/aromatic N) is 1. The third kappa shape index (κ3) is 2.97. The van der Waals surface area contributed by atoms with E-state index in [9.17, 15) is 8.42 Å². The molecule has 5 nitrogen and oxygen atoms in total. The highest BCUT2D eigenvalue weighted by molar-refractivity contribution is 7.89. The van der Waals surface area contributed by atoms with Gasteiger partial charge in [0.05, 0.1) is 23.6 Å². The Labute approximate surface area is 114 Å². The number of hydrogen-bond acceptors (Lipinski definition) is 4. The average molecular weight is 285 g/mol. The molecule has 0 saturated carbocycles. The van der Waals surface area contributed by atoms with Gasteiger partial charge in [-0.2, -0.15) is 4.31 Å². The molecule has 0 radical (unpaired) electrons. The van der Waals surface area contributed by atoms with Crippen LogP contribution >= 0.6 is 0 Å². The zero-order valence-corrected chi connectivity index (χ0v) is 12.0. The molecule has 19 heavy (non-hydrogen) atoms. The van der Waals surface area contributed by atoms with Gasteiger partial charge >= 0.3 is 0 Å². The molecule has 0 unspecified atom stereocenters. The minimum atomic E-state index is -3.48. The third-order valence-corrected chi connectivity index (χ3v) is 5.30. The van der Waals surface area contributed by atoms with Gasteiger partial charge in [-0.3, -0.25) is 0 Å². The van der Waals surface area contributed by atoms with Gasteiger partial charge in [-0.05, 0) is 18.6 Å². The van der Waals surface area contributed by atoms with Crippen molar-refractivity contribution in [3.8, 4) is 0 Å². The number of ether oxygens (including phenoxy) is 2. The molecule has 1 heterocycles. The highest BCUT2D eigenvalue weighted by Gasteiger charge is 2.40. The largest absolute Gasteiger partial charge is 0.383 e. The van der Waals surface area contributed by atoms with E-state index in [1.807, 2.05) is 0 Å². The van der Waals surface area contributed by atoms with E-state index in [1.165, 1.54) is 4.31 Å². The van der Waals surface area contributed by atoms with Gasteiger partial charge in [0.1, 0.15) is 0 Å². The molecule has 1 aromatic rings. The molecule has 1 fully saturated rings. The lowest BCUT2D eigenvalue weighted by Crippen LogP contribution is -2.38. The first-order valence-electron chi connectivity index (χ1n) is 6.18. The third-order valence-electron chi connectivity index (χ3n) is 3.37. The number of sulfonamides is 1. The van der Waals surface area contributed by atoms with Gasteiger partial charge in [0.25, 0.3) is 0 Å². The van der Waals surface area contributed by atoms with Crippen molar-refractivity contribution in [2.24, 2.45) is 0 Å². The quantitative estimate of drug-likeness (QED) is 0.813. The van der Waals surface area contributed by atoms with Crippen molar-refractivity contribution >= 4 is 10.0 Å². The standard InChI is InChI=1S/C13H19NO4S/c1-17-10-11-8-12(18-2)9-14(11)19(15,16)13-6-4-3-5-7-13/h3-7,11-12H,8-10H2,1-2H3/t11-,12+/m0/s1. The van der Waals surface area contributed by atoms with Gasteiger partial charge in [-0.25, -0.2) is 8.42 Å². The van der Waals surface area contributed by atoms with Crippen LogP contribution in [0.15, 0.2) is 35.2 Å². The lowest BCUT2D eigenvalue weighted by molar-refractivity contribution is 0.110. The van der Waals surface area contributed by atoms with Crippen LogP contribution in [0.1, 0.15) is 6.42 Å². The summed E-state index contributed by atoms with van der Waals surface area (Å²) >= 11 is 0. The highest BCUT2D eigenvalue weighted by atomic mass is 32.2. The monoisotopic (exact) mass is 285 g/mol. The number of rotatable bonds is 5. The van der Waals surface area contributed by atoms with Crippen LogP contribution in [-0.4, -0.2) is 52.2 Å². The minimum Gasteiger partial charge on any atom is -0.383 e. The molecule has 2 atom stereocenters. The van der Waals surface area contributed by atoms with E-state index in [0.717, 1.165) is 0 Å². The SMILES string of the molecule is COC[C@@H]1C[C@@H](OC)CN1S(=O)(=O)c1ccccc1. The van der Waals surface area contributed by atoms with Crippen LogP contribution in [0.5, 0.6) is 0 Å². The van der Waals surface area contributed by atoms with Crippen LogP contribution in [0.4, 0.5) is 0 Å². The fraction of sp³-hybridized carbons (Fsp3) is 0.538. The second-order valence-corrected chi connectivity index (χ2v) is 6.48. The Morgan fingerprint density at radius 1 is 1.26 bits per heavy atom. The summed E-state index contributed by atoms with van der Waals surface area (Å²) in [5.41, 5.74) is 0. The summed E-state index contributed by atoms with van der Waals surface area (Å²) in [6.45, 7) is 0.758. The van der Waals surface area contributed by atoms with Crippen molar-refractivity contribution in [3.05, 3.63) is 30.3 Å². The Balaban J connectivity index is 2.28. The van der Waals surface area contributed by atoms with Crippen LogP contribution in [0, 0.1) is 0 Å². The Hall–Kier alpha value is -0.950. The van der Waals surface area contributed by atoms with Gasteiger partial charge in [-0.1, -0.05) is 18.2 Å². The van der Waals surface area contributed by atoms with E-state index in [0.29, 0.717) is 24.5 Å². The van der Waals surface area contributed by atoms with E-state index < -0.39 is 10.0 Å². The van der Waals surface area contributed by atoms with Gasteiger partial charge < -0.3 is 9.47 Å². The molecule has 0 spiro atoms. The lowest BCUT2D eigenvalue weighted by Gasteiger charge is -2.23. The Bertz CT molecular complexity index is 503. The van der Waals surface area contributed by atoms with Crippen molar-refractivity contribution in [2.75, 3.05) is 27.4 Å². The molecule has 106 valence electrons. The molecular formula is C13H19NO4S. The summed E-state index contributed by atoms with van der Waals surface area (Å²) in [5.74, 6) is 0. The smallest absolute Gasteiger partial charge is 0.243 e. The van der Waals surface area contributed by atoms with Crippen molar-refractivity contribution in [3.63, 3.8) is 0 Å². The molecule has 1 aliphatic heterocycles. The number of methoxy groups -OCH3 is 2. The topological polar surface area (TPSA) is 55.8 Å².